The molecule has 0 radical (unpaired) electrons. The second-order valence-corrected chi connectivity index (χ2v) is 4.72. The third-order valence-electron chi connectivity index (χ3n) is 3.16. The first-order chi connectivity index (χ1) is 8.09. The fourth-order valence-corrected chi connectivity index (χ4v) is 2.10. The SMILES string of the molecule is CC(=O)NCCNC(=O)CC1NCCCC1C. The molecule has 2 amide bonds. The first-order valence-corrected chi connectivity index (χ1v) is 6.34. The zero-order valence-corrected chi connectivity index (χ0v) is 10.7. The smallest absolute Gasteiger partial charge is 0.221 e. The fourth-order valence-electron chi connectivity index (χ4n) is 2.10. The predicted molar refractivity (Wildman–Crippen MR) is 66.5 cm³/mol. The van der Waals surface area contributed by atoms with E-state index in [9.17, 15) is 9.59 Å². The maximum absolute atomic E-state index is 11.6. The van der Waals surface area contributed by atoms with Gasteiger partial charge in [-0.3, -0.25) is 9.59 Å². The summed E-state index contributed by atoms with van der Waals surface area (Å²) in [6, 6.07) is 0.296. The van der Waals surface area contributed by atoms with Gasteiger partial charge in [0.25, 0.3) is 0 Å². The van der Waals surface area contributed by atoms with E-state index in [4.69, 9.17) is 0 Å². The Kier molecular flexibility index (Phi) is 5.97. The van der Waals surface area contributed by atoms with E-state index in [2.05, 4.69) is 22.9 Å². The van der Waals surface area contributed by atoms with Crippen molar-refractivity contribution in [3.05, 3.63) is 0 Å². The van der Waals surface area contributed by atoms with Crippen molar-refractivity contribution in [2.24, 2.45) is 5.92 Å². The lowest BCUT2D eigenvalue weighted by molar-refractivity contribution is -0.122. The van der Waals surface area contributed by atoms with Gasteiger partial charge in [-0.2, -0.15) is 0 Å². The highest BCUT2D eigenvalue weighted by Crippen LogP contribution is 2.17. The Balaban J connectivity index is 2.13. The number of nitrogens with one attached hydrogen (secondary N) is 3. The van der Waals surface area contributed by atoms with E-state index in [1.165, 1.54) is 19.8 Å². The van der Waals surface area contributed by atoms with Crippen molar-refractivity contribution in [1.82, 2.24) is 16.0 Å². The van der Waals surface area contributed by atoms with Crippen molar-refractivity contribution in [3.63, 3.8) is 0 Å². The van der Waals surface area contributed by atoms with E-state index in [-0.39, 0.29) is 11.8 Å². The molecular formula is C12H23N3O2. The van der Waals surface area contributed by atoms with Gasteiger partial charge in [0.1, 0.15) is 0 Å². The summed E-state index contributed by atoms with van der Waals surface area (Å²) in [6.07, 6.45) is 2.92. The molecule has 0 bridgehead atoms. The summed E-state index contributed by atoms with van der Waals surface area (Å²) in [6.45, 7) is 5.65. The molecule has 0 aromatic carbocycles. The molecule has 0 saturated carbocycles. The molecule has 1 aliphatic heterocycles. The predicted octanol–water partition coefficient (Wildman–Crippen LogP) is 0.0169. The van der Waals surface area contributed by atoms with Gasteiger partial charge < -0.3 is 16.0 Å². The van der Waals surface area contributed by atoms with Crippen molar-refractivity contribution < 1.29 is 9.59 Å². The summed E-state index contributed by atoms with van der Waals surface area (Å²) in [5.74, 6) is 0.549. The van der Waals surface area contributed by atoms with Gasteiger partial charge in [-0.15, -0.1) is 0 Å². The molecule has 17 heavy (non-hydrogen) atoms. The van der Waals surface area contributed by atoms with Crippen LogP contribution in [0.25, 0.3) is 0 Å². The normalized spacial score (nSPS) is 24.1. The highest BCUT2D eigenvalue weighted by Gasteiger charge is 2.22. The molecule has 5 heteroatoms. The van der Waals surface area contributed by atoms with Crippen LogP contribution in [-0.4, -0.2) is 37.5 Å². The van der Waals surface area contributed by atoms with E-state index >= 15 is 0 Å². The molecule has 3 N–H and O–H groups in total. The molecule has 1 saturated heterocycles. The van der Waals surface area contributed by atoms with Gasteiger partial charge in [0.15, 0.2) is 0 Å². The molecule has 2 unspecified atom stereocenters. The van der Waals surface area contributed by atoms with Gasteiger partial charge in [0.05, 0.1) is 0 Å². The number of hydrogen-bond donors (Lipinski definition) is 3. The Morgan fingerprint density at radius 1 is 1.29 bits per heavy atom. The molecule has 0 spiro atoms. The van der Waals surface area contributed by atoms with Crippen LogP contribution in [0.2, 0.25) is 0 Å². The lowest BCUT2D eigenvalue weighted by Crippen LogP contribution is -2.44. The molecule has 0 aromatic heterocycles. The second-order valence-electron chi connectivity index (χ2n) is 4.72. The fraction of sp³-hybridized carbons (Fsp3) is 0.833. The molecule has 2 atom stereocenters. The first-order valence-electron chi connectivity index (χ1n) is 6.34. The van der Waals surface area contributed by atoms with Gasteiger partial charge >= 0.3 is 0 Å². The summed E-state index contributed by atoms with van der Waals surface area (Å²) in [4.78, 5) is 22.3. The Morgan fingerprint density at radius 2 is 2.00 bits per heavy atom. The first kappa shape index (κ1) is 14.0. The monoisotopic (exact) mass is 241 g/mol. The Morgan fingerprint density at radius 3 is 2.65 bits per heavy atom. The van der Waals surface area contributed by atoms with Gasteiger partial charge in [-0.25, -0.2) is 0 Å². The van der Waals surface area contributed by atoms with E-state index in [1.807, 2.05) is 0 Å². The highest BCUT2D eigenvalue weighted by molar-refractivity contribution is 5.76. The minimum atomic E-state index is -0.0678. The molecular weight excluding hydrogens is 218 g/mol. The number of rotatable bonds is 5. The molecule has 1 heterocycles. The largest absolute Gasteiger partial charge is 0.355 e. The third kappa shape index (κ3) is 5.68. The average molecular weight is 241 g/mol. The van der Waals surface area contributed by atoms with E-state index in [1.54, 1.807) is 0 Å². The summed E-state index contributed by atoms with van der Waals surface area (Å²) < 4.78 is 0. The molecule has 98 valence electrons. The van der Waals surface area contributed by atoms with Crippen LogP contribution < -0.4 is 16.0 Å². The van der Waals surface area contributed by atoms with Crippen LogP contribution in [0.4, 0.5) is 0 Å². The van der Waals surface area contributed by atoms with Crippen molar-refractivity contribution >= 4 is 11.8 Å². The Labute approximate surface area is 103 Å². The van der Waals surface area contributed by atoms with Gasteiger partial charge in [0.2, 0.25) is 11.8 Å². The molecule has 1 aliphatic rings. The molecule has 1 rings (SSSR count). The molecule has 1 fully saturated rings. The van der Waals surface area contributed by atoms with Gasteiger partial charge in [-0.1, -0.05) is 6.92 Å². The summed E-state index contributed by atoms with van der Waals surface area (Å²) in [5.41, 5.74) is 0. The molecule has 0 aliphatic carbocycles. The van der Waals surface area contributed by atoms with Crippen LogP contribution in [0, 0.1) is 5.92 Å². The minimum absolute atomic E-state index is 0.0570. The average Bonchev–Trinajstić information content (AvgIpc) is 2.27. The number of amides is 2. The number of hydrogen-bond acceptors (Lipinski definition) is 3. The Bertz CT molecular complexity index is 268. The van der Waals surface area contributed by atoms with E-state index < -0.39 is 0 Å². The quantitative estimate of drug-likeness (QED) is 0.594. The highest BCUT2D eigenvalue weighted by atomic mass is 16.2. The van der Waals surface area contributed by atoms with Crippen molar-refractivity contribution in [1.29, 1.82) is 0 Å². The van der Waals surface area contributed by atoms with Crippen LogP contribution in [-0.2, 0) is 9.59 Å². The van der Waals surface area contributed by atoms with Crippen molar-refractivity contribution in [2.45, 2.75) is 39.2 Å². The number of carbonyl (C=O) groups excluding carboxylic acids is 2. The van der Waals surface area contributed by atoms with E-state index in [0.29, 0.717) is 31.5 Å². The van der Waals surface area contributed by atoms with E-state index in [0.717, 1.165) is 6.54 Å². The molecule has 5 nitrogen and oxygen atoms in total. The Hall–Kier alpha value is -1.10. The third-order valence-corrected chi connectivity index (χ3v) is 3.16. The summed E-state index contributed by atoms with van der Waals surface area (Å²) in [7, 11) is 0. The topological polar surface area (TPSA) is 70.2 Å². The van der Waals surface area contributed by atoms with Crippen molar-refractivity contribution in [3.8, 4) is 0 Å². The van der Waals surface area contributed by atoms with Crippen molar-refractivity contribution in [2.75, 3.05) is 19.6 Å². The summed E-state index contributed by atoms with van der Waals surface area (Å²) >= 11 is 0. The maximum Gasteiger partial charge on any atom is 0.221 e. The van der Waals surface area contributed by atoms with Gasteiger partial charge in [0, 0.05) is 32.5 Å². The zero-order valence-electron chi connectivity index (χ0n) is 10.7. The van der Waals surface area contributed by atoms with Crippen LogP contribution in [0.15, 0.2) is 0 Å². The van der Waals surface area contributed by atoms with Crippen LogP contribution >= 0.6 is 0 Å². The van der Waals surface area contributed by atoms with Gasteiger partial charge in [-0.05, 0) is 25.3 Å². The number of piperidine rings is 1. The second kappa shape index (κ2) is 7.27. The lowest BCUT2D eigenvalue weighted by atomic mass is 9.90. The molecule has 0 aromatic rings. The maximum atomic E-state index is 11.6. The van der Waals surface area contributed by atoms with Crippen LogP contribution in [0.1, 0.15) is 33.1 Å². The minimum Gasteiger partial charge on any atom is -0.355 e. The standard InChI is InChI=1S/C12H23N3O2/c1-9-4-3-5-14-11(9)8-12(17)15-7-6-13-10(2)16/h9,11,14H,3-8H2,1-2H3,(H,13,16)(H,15,17). The number of carbonyl (C=O) groups is 2. The van der Waals surface area contributed by atoms with Crippen LogP contribution in [0.3, 0.4) is 0 Å². The van der Waals surface area contributed by atoms with Crippen LogP contribution in [0.5, 0.6) is 0 Å². The lowest BCUT2D eigenvalue weighted by Gasteiger charge is -2.29. The zero-order chi connectivity index (χ0) is 12.7. The summed E-state index contributed by atoms with van der Waals surface area (Å²) in [5, 5.41) is 8.83.